The molecule has 0 aromatic rings. The third-order valence-corrected chi connectivity index (χ3v) is 1.65. The van der Waals surface area contributed by atoms with E-state index in [-0.39, 0.29) is 0 Å². The lowest BCUT2D eigenvalue weighted by Crippen LogP contribution is -1.78. The van der Waals surface area contributed by atoms with Crippen LogP contribution in [-0.2, 0) is 0 Å². The molecule has 0 aromatic carbocycles. The largest absolute Gasteiger partial charge is 0.0984 e. The molecule has 0 saturated heterocycles. The molecule has 84 valence electrons. The van der Waals surface area contributed by atoms with Crippen molar-refractivity contribution in [3.8, 4) is 0 Å². The fourth-order valence-corrected chi connectivity index (χ4v) is 0.989. The Kier molecular flexibility index (Phi) is 13.7. The van der Waals surface area contributed by atoms with Crippen LogP contribution in [0.5, 0.6) is 0 Å². The topological polar surface area (TPSA) is 0 Å². The summed E-state index contributed by atoms with van der Waals surface area (Å²) in [6.45, 7) is 15.6. The summed E-state index contributed by atoms with van der Waals surface area (Å²) < 4.78 is 0. The molecular formula is C15H24. The van der Waals surface area contributed by atoms with Crippen LogP contribution < -0.4 is 0 Å². The van der Waals surface area contributed by atoms with Crippen molar-refractivity contribution in [1.29, 1.82) is 0 Å². The van der Waals surface area contributed by atoms with Gasteiger partial charge in [-0.3, -0.25) is 0 Å². The summed E-state index contributed by atoms with van der Waals surface area (Å²) in [5, 5.41) is 0. The van der Waals surface area contributed by atoms with E-state index in [0.29, 0.717) is 0 Å². The molecule has 0 unspecified atom stereocenters. The van der Waals surface area contributed by atoms with Crippen LogP contribution in [-0.4, -0.2) is 0 Å². The van der Waals surface area contributed by atoms with Gasteiger partial charge in [0.1, 0.15) is 0 Å². The smallest absolute Gasteiger partial charge is 0.0193 e. The molecule has 0 rings (SSSR count). The van der Waals surface area contributed by atoms with Crippen molar-refractivity contribution >= 4 is 0 Å². The fraction of sp³-hybridized carbons (Fsp3) is 0.333. The molecule has 0 aliphatic rings. The molecule has 0 heterocycles. The van der Waals surface area contributed by atoms with Gasteiger partial charge in [-0.1, -0.05) is 70.4 Å². The zero-order valence-electron chi connectivity index (χ0n) is 10.6. The van der Waals surface area contributed by atoms with Crippen molar-refractivity contribution in [1.82, 2.24) is 0 Å². The highest BCUT2D eigenvalue weighted by atomic mass is 14.0. The summed E-state index contributed by atoms with van der Waals surface area (Å²) in [6.07, 6.45) is 13.0. The molecule has 0 aliphatic heterocycles. The van der Waals surface area contributed by atoms with Gasteiger partial charge >= 0.3 is 0 Å². The molecule has 0 bridgehead atoms. The number of allylic oxidation sites excluding steroid dienone is 8. The van der Waals surface area contributed by atoms with Crippen LogP contribution >= 0.6 is 0 Å². The lowest BCUT2D eigenvalue weighted by molar-refractivity contribution is 1.22. The Labute approximate surface area is 95.4 Å². The molecule has 0 spiro atoms. The Bertz CT molecular complexity index is 249. The Hall–Kier alpha value is -1.30. The molecule has 0 nitrogen and oxygen atoms in total. The van der Waals surface area contributed by atoms with Crippen molar-refractivity contribution in [2.75, 3.05) is 0 Å². The molecule has 0 saturated carbocycles. The van der Waals surface area contributed by atoms with Gasteiger partial charge in [-0.05, 0) is 24.5 Å². The highest BCUT2D eigenvalue weighted by Crippen LogP contribution is 2.10. The van der Waals surface area contributed by atoms with Gasteiger partial charge in [0, 0.05) is 0 Å². The average molecular weight is 204 g/mol. The van der Waals surface area contributed by atoms with Gasteiger partial charge in [-0.2, -0.15) is 0 Å². The van der Waals surface area contributed by atoms with E-state index in [2.05, 4.69) is 32.2 Å². The van der Waals surface area contributed by atoms with Gasteiger partial charge in [-0.15, -0.1) is 0 Å². The van der Waals surface area contributed by atoms with Crippen LogP contribution in [0.4, 0.5) is 0 Å². The first-order valence-corrected chi connectivity index (χ1v) is 5.58. The van der Waals surface area contributed by atoms with E-state index in [1.54, 1.807) is 0 Å². The Morgan fingerprint density at radius 1 is 1.00 bits per heavy atom. The number of hydrogen-bond acceptors (Lipinski definition) is 0. The SMILES string of the molecule is C=CC(/C=C\C)=C(C=C)\C=C/CC.CC. The quantitative estimate of drug-likeness (QED) is 0.538. The normalized spacial score (nSPS) is 12.0. The Morgan fingerprint density at radius 3 is 1.80 bits per heavy atom. The van der Waals surface area contributed by atoms with Crippen LogP contribution in [0, 0.1) is 0 Å². The summed E-state index contributed by atoms with van der Waals surface area (Å²) in [4.78, 5) is 0. The minimum absolute atomic E-state index is 1.04. The van der Waals surface area contributed by atoms with Crippen LogP contribution in [0.15, 0.2) is 60.8 Å². The maximum absolute atomic E-state index is 3.77. The monoisotopic (exact) mass is 204 g/mol. The second-order valence-corrected chi connectivity index (χ2v) is 2.63. The molecule has 0 N–H and O–H groups in total. The van der Waals surface area contributed by atoms with Gasteiger partial charge in [0.25, 0.3) is 0 Å². The van der Waals surface area contributed by atoms with Crippen molar-refractivity contribution in [3.05, 3.63) is 60.8 Å². The van der Waals surface area contributed by atoms with Gasteiger partial charge in [0.15, 0.2) is 0 Å². The third kappa shape index (κ3) is 7.75. The van der Waals surface area contributed by atoms with Crippen LogP contribution in [0.2, 0.25) is 0 Å². The second kappa shape index (κ2) is 12.7. The number of hydrogen-bond donors (Lipinski definition) is 0. The van der Waals surface area contributed by atoms with Gasteiger partial charge < -0.3 is 0 Å². The van der Waals surface area contributed by atoms with Crippen molar-refractivity contribution in [3.63, 3.8) is 0 Å². The zero-order chi connectivity index (χ0) is 12.1. The fourth-order valence-electron chi connectivity index (χ4n) is 0.989. The lowest BCUT2D eigenvalue weighted by Gasteiger charge is -1.98. The highest BCUT2D eigenvalue weighted by molar-refractivity contribution is 5.45. The molecular weight excluding hydrogens is 180 g/mol. The van der Waals surface area contributed by atoms with E-state index in [4.69, 9.17) is 0 Å². The first kappa shape index (κ1) is 16.1. The maximum atomic E-state index is 3.77. The van der Waals surface area contributed by atoms with Crippen LogP contribution in [0.1, 0.15) is 34.1 Å². The molecule has 0 atom stereocenters. The van der Waals surface area contributed by atoms with E-state index in [1.165, 1.54) is 0 Å². The molecule has 15 heavy (non-hydrogen) atoms. The van der Waals surface area contributed by atoms with Gasteiger partial charge in [-0.25, -0.2) is 0 Å². The average Bonchev–Trinajstić information content (AvgIpc) is 2.31. The summed E-state index contributed by atoms with van der Waals surface area (Å²) in [5.74, 6) is 0. The molecule has 0 radical (unpaired) electrons. The lowest BCUT2D eigenvalue weighted by atomic mass is 10.1. The molecule has 0 amide bonds. The molecule has 0 aromatic heterocycles. The summed E-state index contributed by atoms with van der Waals surface area (Å²) >= 11 is 0. The third-order valence-electron chi connectivity index (χ3n) is 1.65. The van der Waals surface area contributed by atoms with Gasteiger partial charge in [0.05, 0.1) is 0 Å². The van der Waals surface area contributed by atoms with E-state index < -0.39 is 0 Å². The molecule has 0 fully saturated rings. The zero-order valence-corrected chi connectivity index (χ0v) is 10.6. The van der Waals surface area contributed by atoms with E-state index in [9.17, 15) is 0 Å². The Balaban J connectivity index is 0. The summed E-state index contributed by atoms with van der Waals surface area (Å²) in [6, 6.07) is 0. The first-order valence-electron chi connectivity index (χ1n) is 5.58. The summed E-state index contributed by atoms with van der Waals surface area (Å²) in [7, 11) is 0. The highest BCUT2D eigenvalue weighted by Gasteiger charge is 1.91. The van der Waals surface area contributed by atoms with E-state index in [1.807, 2.05) is 45.1 Å². The van der Waals surface area contributed by atoms with E-state index in [0.717, 1.165) is 17.6 Å². The minimum Gasteiger partial charge on any atom is -0.0984 e. The molecule has 0 aliphatic carbocycles. The minimum atomic E-state index is 1.04. The Morgan fingerprint density at radius 2 is 1.47 bits per heavy atom. The predicted octanol–water partition coefficient (Wildman–Crippen LogP) is 5.22. The van der Waals surface area contributed by atoms with E-state index >= 15 is 0 Å². The predicted molar refractivity (Wildman–Crippen MR) is 73.0 cm³/mol. The summed E-state index contributed by atoms with van der Waals surface area (Å²) in [5.41, 5.74) is 2.23. The number of rotatable bonds is 5. The van der Waals surface area contributed by atoms with Crippen molar-refractivity contribution in [2.45, 2.75) is 34.1 Å². The first-order chi connectivity index (χ1) is 7.29. The van der Waals surface area contributed by atoms with Crippen LogP contribution in [0.3, 0.4) is 0 Å². The second-order valence-electron chi connectivity index (χ2n) is 2.63. The maximum Gasteiger partial charge on any atom is -0.0193 e. The molecule has 0 heteroatoms. The van der Waals surface area contributed by atoms with Gasteiger partial charge in [0.2, 0.25) is 0 Å². The van der Waals surface area contributed by atoms with Crippen molar-refractivity contribution < 1.29 is 0 Å². The van der Waals surface area contributed by atoms with Crippen LogP contribution in [0.25, 0.3) is 0 Å². The standard InChI is InChI=1S/C13H18.C2H6/c1-5-9-11-13(8-4)12(7-3)10-6-2;1-2/h6-11H,3-5H2,1-2H3;1-2H3/b10-6-,11-9-,13-12+;. The van der Waals surface area contributed by atoms with Crippen molar-refractivity contribution in [2.24, 2.45) is 0 Å².